The molecule has 3 aromatic carbocycles. The molecule has 1 atom stereocenters. The molecule has 7 heteroatoms. The van der Waals surface area contributed by atoms with Crippen LogP contribution in [0.5, 0.6) is 5.75 Å². The number of thioether (sulfide) groups is 1. The predicted octanol–water partition coefficient (Wildman–Crippen LogP) is 8.35. The Bertz CT molecular complexity index is 1160. The molecule has 35 heavy (non-hydrogen) atoms. The van der Waals surface area contributed by atoms with Crippen molar-refractivity contribution in [1.29, 1.82) is 0 Å². The predicted molar refractivity (Wildman–Crippen MR) is 145 cm³/mol. The summed E-state index contributed by atoms with van der Waals surface area (Å²) in [6, 6.07) is 22.6. The number of Topliss-reactive ketones (excluding diaryl/α,β-unsaturated/α-hetero) is 1. The monoisotopic (exact) mass is 574 g/mol. The van der Waals surface area contributed by atoms with Crippen LogP contribution in [0.15, 0.2) is 82.2 Å². The van der Waals surface area contributed by atoms with E-state index < -0.39 is 10.9 Å². The van der Waals surface area contributed by atoms with Gasteiger partial charge < -0.3 is 9.47 Å². The minimum atomic E-state index is -0.661. The molecule has 0 saturated heterocycles. The summed E-state index contributed by atoms with van der Waals surface area (Å²) < 4.78 is 12.6. The summed E-state index contributed by atoms with van der Waals surface area (Å²) in [4.78, 5) is 26.7. The topological polar surface area (TPSA) is 52.6 Å². The van der Waals surface area contributed by atoms with E-state index in [2.05, 4.69) is 15.9 Å². The maximum Gasteiger partial charge on any atom is 0.312 e. The molecule has 184 valence electrons. The summed E-state index contributed by atoms with van der Waals surface area (Å²) in [6.07, 6.45) is 0.513. The Balaban J connectivity index is 1.74. The van der Waals surface area contributed by atoms with Crippen LogP contribution in [0.3, 0.4) is 0 Å². The minimum Gasteiger partial charge on any atom is -0.488 e. The fraction of sp³-hybridized carbons (Fsp3) is 0.286. The lowest BCUT2D eigenvalue weighted by Gasteiger charge is -2.23. The fourth-order valence-electron chi connectivity index (χ4n) is 3.08. The van der Waals surface area contributed by atoms with Gasteiger partial charge in [-0.05, 0) is 56.7 Å². The van der Waals surface area contributed by atoms with Gasteiger partial charge in [0.15, 0.2) is 11.2 Å². The number of ether oxygens (including phenoxy) is 2. The first-order valence-corrected chi connectivity index (χ1v) is 13.3. The van der Waals surface area contributed by atoms with Gasteiger partial charge in [0, 0.05) is 22.2 Å². The third kappa shape index (κ3) is 8.41. The van der Waals surface area contributed by atoms with Crippen LogP contribution < -0.4 is 4.74 Å². The summed E-state index contributed by atoms with van der Waals surface area (Å²) in [6.45, 7) is 5.76. The molecule has 3 aromatic rings. The molecule has 0 bridgehead atoms. The molecule has 0 aliphatic rings. The van der Waals surface area contributed by atoms with Crippen molar-refractivity contribution in [1.82, 2.24) is 0 Å². The average molecular weight is 576 g/mol. The van der Waals surface area contributed by atoms with Gasteiger partial charge in [0.25, 0.3) is 0 Å². The second-order valence-electron chi connectivity index (χ2n) is 9.01. The van der Waals surface area contributed by atoms with Crippen molar-refractivity contribution in [3.05, 3.63) is 93.4 Å². The number of rotatable bonds is 10. The van der Waals surface area contributed by atoms with E-state index in [4.69, 9.17) is 21.1 Å². The van der Waals surface area contributed by atoms with Crippen molar-refractivity contribution < 1.29 is 19.1 Å². The molecule has 0 fully saturated rings. The van der Waals surface area contributed by atoms with Crippen LogP contribution in [-0.2, 0) is 16.1 Å². The van der Waals surface area contributed by atoms with Crippen LogP contribution in [0.4, 0.5) is 0 Å². The zero-order chi connectivity index (χ0) is 25.4. The van der Waals surface area contributed by atoms with E-state index in [0.29, 0.717) is 29.4 Å². The van der Waals surface area contributed by atoms with Gasteiger partial charge in [-0.3, -0.25) is 9.59 Å². The Morgan fingerprint density at radius 3 is 2.37 bits per heavy atom. The Labute approximate surface area is 224 Å². The van der Waals surface area contributed by atoms with E-state index in [1.54, 1.807) is 39.0 Å². The molecule has 0 saturated carbocycles. The largest absolute Gasteiger partial charge is 0.488 e. The van der Waals surface area contributed by atoms with E-state index in [0.717, 1.165) is 14.9 Å². The molecule has 0 amide bonds. The van der Waals surface area contributed by atoms with Gasteiger partial charge >= 0.3 is 5.97 Å². The first-order chi connectivity index (χ1) is 16.6. The number of hydrogen-bond acceptors (Lipinski definition) is 5. The summed E-state index contributed by atoms with van der Waals surface area (Å²) in [5.74, 6) is 0.0961. The SMILES string of the molecule is CC(C)(C)C(=O)OC(CCC(=O)c1cc(Br)ccc1OCc1ccccc1)Sc1ccccc1Cl. The molecule has 0 aromatic heterocycles. The highest BCUT2D eigenvalue weighted by atomic mass is 79.9. The third-order valence-electron chi connectivity index (χ3n) is 5.03. The van der Waals surface area contributed by atoms with Crippen molar-refractivity contribution in [2.24, 2.45) is 5.41 Å². The van der Waals surface area contributed by atoms with Gasteiger partial charge in [-0.15, -0.1) is 0 Å². The number of ketones is 1. The zero-order valence-corrected chi connectivity index (χ0v) is 23.1. The third-order valence-corrected chi connectivity index (χ3v) is 7.17. The van der Waals surface area contributed by atoms with E-state index >= 15 is 0 Å². The molecule has 4 nitrogen and oxygen atoms in total. The first-order valence-electron chi connectivity index (χ1n) is 11.3. The second-order valence-corrected chi connectivity index (χ2v) is 11.5. The van der Waals surface area contributed by atoms with E-state index in [1.165, 1.54) is 11.8 Å². The summed E-state index contributed by atoms with van der Waals surface area (Å²) in [5.41, 5.74) is 0.274. The van der Waals surface area contributed by atoms with Crippen molar-refractivity contribution in [2.75, 3.05) is 0 Å². The van der Waals surface area contributed by atoms with Crippen LogP contribution in [-0.4, -0.2) is 17.2 Å². The molecule has 0 heterocycles. The van der Waals surface area contributed by atoms with Crippen LogP contribution >= 0.6 is 39.3 Å². The first kappa shape index (κ1) is 27.3. The molecular formula is C28H28BrClO4S. The molecule has 1 unspecified atom stereocenters. The number of benzene rings is 3. The lowest BCUT2D eigenvalue weighted by molar-refractivity contribution is -0.154. The molecule has 0 N–H and O–H groups in total. The highest BCUT2D eigenvalue weighted by molar-refractivity contribution is 9.10. The maximum atomic E-state index is 13.3. The summed E-state index contributed by atoms with van der Waals surface area (Å²) in [5, 5.41) is 0.573. The van der Waals surface area contributed by atoms with Gasteiger partial charge in [0.1, 0.15) is 12.4 Å². The highest BCUT2D eigenvalue weighted by Gasteiger charge is 2.28. The summed E-state index contributed by atoms with van der Waals surface area (Å²) >= 11 is 11.1. The fourth-order valence-corrected chi connectivity index (χ4v) is 4.71. The van der Waals surface area contributed by atoms with Crippen molar-refractivity contribution in [2.45, 2.75) is 50.6 Å². The van der Waals surface area contributed by atoms with Gasteiger partial charge in [-0.1, -0.05) is 81.8 Å². The number of halogens is 2. The van der Waals surface area contributed by atoms with Crippen LogP contribution in [0.2, 0.25) is 5.02 Å². The standard InChI is InChI=1S/C28H28BrClO4S/c1-28(2,3)27(32)34-26(35-25-12-8-7-11-22(25)30)16-14-23(31)21-17-20(29)13-15-24(21)33-18-19-9-5-4-6-10-19/h4-13,15,17,26H,14,16,18H2,1-3H3. The van der Waals surface area contributed by atoms with E-state index in [9.17, 15) is 9.59 Å². The van der Waals surface area contributed by atoms with Gasteiger partial charge in [-0.2, -0.15) is 0 Å². The molecule has 0 radical (unpaired) electrons. The smallest absolute Gasteiger partial charge is 0.312 e. The molecule has 3 rings (SSSR count). The number of esters is 1. The molecular weight excluding hydrogens is 548 g/mol. The maximum absolute atomic E-state index is 13.3. The Morgan fingerprint density at radius 2 is 1.69 bits per heavy atom. The van der Waals surface area contributed by atoms with Gasteiger partial charge in [0.05, 0.1) is 16.0 Å². The van der Waals surface area contributed by atoms with Crippen LogP contribution in [0.1, 0.15) is 49.5 Å². The lowest BCUT2D eigenvalue weighted by Crippen LogP contribution is -2.27. The number of carbonyl (C=O) groups is 2. The van der Waals surface area contributed by atoms with Crippen molar-refractivity contribution in [3.63, 3.8) is 0 Å². The van der Waals surface area contributed by atoms with Gasteiger partial charge in [-0.25, -0.2) is 0 Å². The van der Waals surface area contributed by atoms with E-state index in [1.807, 2.05) is 54.6 Å². The summed E-state index contributed by atoms with van der Waals surface area (Å²) in [7, 11) is 0. The quantitative estimate of drug-likeness (QED) is 0.105. The Kier molecular flexibility index (Phi) is 9.84. The Morgan fingerprint density at radius 1 is 1.00 bits per heavy atom. The normalized spacial score (nSPS) is 12.1. The van der Waals surface area contributed by atoms with Gasteiger partial charge in [0.2, 0.25) is 0 Å². The van der Waals surface area contributed by atoms with Crippen molar-refractivity contribution in [3.8, 4) is 5.75 Å². The Hall–Kier alpha value is -2.28. The number of carbonyl (C=O) groups excluding carboxylic acids is 2. The average Bonchev–Trinajstić information content (AvgIpc) is 2.83. The number of hydrogen-bond donors (Lipinski definition) is 0. The second kappa shape index (κ2) is 12.6. The molecule has 0 aliphatic carbocycles. The molecule has 0 spiro atoms. The van der Waals surface area contributed by atoms with Crippen molar-refractivity contribution >= 4 is 51.0 Å². The van der Waals surface area contributed by atoms with E-state index in [-0.39, 0.29) is 18.2 Å². The minimum absolute atomic E-state index is 0.0917. The van der Waals surface area contributed by atoms with Crippen LogP contribution in [0.25, 0.3) is 0 Å². The lowest BCUT2D eigenvalue weighted by atomic mass is 9.97. The van der Waals surface area contributed by atoms with Crippen LogP contribution in [0, 0.1) is 5.41 Å². The highest BCUT2D eigenvalue weighted by Crippen LogP contribution is 2.35. The molecule has 0 aliphatic heterocycles. The zero-order valence-electron chi connectivity index (χ0n) is 19.9.